The van der Waals surface area contributed by atoms with E-state index in [0.29, 0.717) is 6.42 Å². The fraction of sp³-hybridized carbons (Fsp3) is 0.450. The molecule has 15 heteroatoms. The van der Waals surface area contributed by atoms with Gasteiger partial charge in [-0.15, -0.1) is 13.2 Å². The molecule has 35 heavy (non-hydrogen) atoms. The number of hydrogen-bond acceptors (Lipinski definition) is 8. The first-order valence-electron chi connectivity index (χ1n) is 10.6. The molecule has 3 rings (SSSR count). The van der Waals surface area contributed by atoms with Gasteiger partial charge in [-0.2, -0.15) is 4.31 Å². The van der Waals surface area contributed by atoms with Crippen molar-refractivity contribution in [3.63, 3.8) is 0 Å². The van der Waals surface area contributed by atoms with E-state index < -0.39 is 39.2 Å². The molecule has 1 aliphatic heterocycles. The van der Waals surface area contributed by atoms with Gasteiger partial charge in [0, 0.05) is 32.7 Å². The number of nitrogens with zero attached hydrogens (tertiary/aromatic N) is 3. The number of rotatable bonds is 8. The number of benzene rings is 1. The van der Waals surface area contributed by atoms with Crippen LogP contribution in [0.4, 0.5) is 19.0 Å². The summed E-state index contributed by atoms with van der Waals surface area (Å²) in [6.45, 7) is 2.15. The average Bonchev–Trinajstić information content (AvgIpc) is 2.76. The van der Waals surface area contributed by atoms with Crippen LogP contribution in [0.1, 0.15) is 23.7 Å². The lowest BCUT2D eigenvalue weighted by molar-refractivity contribution is -0.274. The number of nitrogen functional groups attached to an aromatic ring is 1. The second kappa shape index (κ2) is 10.2. The zero-order valence-corrected chi connectivity index (χ0v) is 19.5. The van der Waals surface area contributed by atoms with Crippen LogP contribution in [0.25, 0.3) is 0 Å². The molecule has 0 aliphatic carbocycles. The molecule has 192 valence electrons. The summed E-state index contributed by atoms with van der Waals surface area (Å²) in [7, 11) is -3.98. The van der Waals surface area contributed by atoms with E-state index in [9.17, 15) is 36.0 Å². The van der Waals surface area contributed by atoms with Gasteiger partial charge in [0.05, 0.1) is 11.4 Å². The molecule has 0 amide bonds. The summed E-state index contributed by atoms with van der Waals surface area (Å²) < 4.78 is 68.6. The predicted octanol–water partition coefficient (Wildman–Crippen LogP) is 0.617. The topological polar surface area (TPSA) is 148 Å². The van der Waals surface area contributed by atoms with Gasteiger partial charge < -0.3 is 10.5 Å². The van der Waals surface area contributed by atoms with Crippen LogP contribution in [0.15, 0.2) is 38.8 Å². The molecule has 1 fully saturated rings. The third-order valence-electron chi connectivity index (χ3n) is 5.36. The largest absolute Gasteiger partial charge is 0.573 e. The number of sulfonamides is 1. The fourth-order valence-electron chi connectivity index (χ4n) is 3.68. The molecular weight excluding hydrogens is 495 g/mol. The minimum atomic E-state index is -4.89. The summed E-state index contributed by atoms with van der Waals surface area (Å²) in [5, 5.41) is 0. The molecule has 2 heterocycles. The second-order valence-corrected chi connectivity index (χ2v) is 9.73. The Bertz CT molecular complexity index is 1300. The highest BCUT2D eigenvalue weighted by Crippen LogP contribution is 2.25. The Morgan fingerprint density at radius 2 is 1.71 bits per heavy atom. The number of ether oxygens (including phenoxy) is 1. The van der Waals surface area contributed by atoms with Crippen molar-refractivity contribution in [2.24, 2.45) is 0 Å². The number of aromatic nitrogens is 2. The molecule has 3 N–H and O–H groups in total. The number of Topliss-reactive ketones (excluding diaryl/α,β-unsaturated/α-hetero) is 1. The van der Waals surface area contributed by atoms with E-state index in [2.05, 4.69) is 9.72 Å². The average molecular weight is 520 g/mol. The molecule has 1 aromatic heterocycles. The van der Waals surface area contributed by atoms with Crippen LogP contribution in [0.3, 0.4) is 0 Å². The highest BCUT2D eigenvalue weighted by Gasteiger charge is 2.32. The molecule has 1 aromatic carbocycles. The van der Waals surface area contributed by atoms with E-state index in [-0.39, 0.29) is 55.5 Å². The second-order valence-electron chi connectivity index (χ2n) is 7.79. The highest BCUT2D eigenvalue weighted by molar-refractivity contribution is 7.89. The maximum atomic E-state index is 12.8. The van der Waals surface area contributed by atoms with E-state index >= 15 is 0 Å². The molecule has 11 nitrogen and oxygen atoms in total. The molecule has 0 atom stereocenters. The smallest absolute Gasteiger partial charge is 0.406 e. The number of halogens is 3. The molecule has 0 saturated carbocycles. The summed E-state index contributed by atoms with van der Waals surface area (Å²) in [5.74, 6) is -1.37. The Hall–Kier alpha value is -3.17. The minimum Gasteiger partial charge on any atom is -0.406 e. The number of anilines is 1. The molecule has 2 aromatic rings. The normalized spacial score (nSPS) is 15.8. The number of carbonyl (C=O) groups excluding carboxylic acids is 1. The van der Waals surface area contributed by atoms with Gasteiger partial charge in [-0.3, -0.25) is 24.0 Å². The molecule has 0 radical (unpaired) electrons. The van der Waals surface area contributed by atoms with Crippen LogP contribution in [-0.4, -0.2) is 72.0 Å². The van der Waals surface area contributed by atoms with Crippen LogP contribution >= 0.6 is 0 Å². The Morgan fingerprint density at radius 1 is 1.11 bits per heavy atom. The standard InChI is InChI=1S/C20H24F3N5O6S/c1-2-7-28-17(24)16(18(30)25-19(28)31)15(29)12-26-8-10-27(11-9-26)35(32,33)14-5-3-13(4-6-14)34-20(21,22)23/h3-6H,2,7-12,24H2,1H3,(H,25,30,31). The van der Waals surface area contributed by atoms with Crippen molar-refractivity contribution in [3.8, 4) is 5.75 Å². The summed E-state index contributed by atoms with van der Waals surface area (Å²) in [6, 6.07) is 3.86. The monoisotopic (exact) mass is 519 g/mol. The molecule has 1 saturated heterocycles. The maximum absolute atomic E-state index is 12.8. The maximum Gasteiger partial charge on any atom is 0.573 e. The van der Waals surface area contributed by atoms with Crippen LogP contribution in [0.5, 0.6) is 5.75 Å². The van der Waals surface area contributed by atoms with E-state index in [1.165, 1.54) is 0 Å². The van der Waals surface area contributed by atoms with Gasteiger partial charge in [-0.1, -0.05) is 6.92 Å². The molecular formula is C20H24F3N5O6S. The van der Waals surface area contributed by atoms with E-state index in [4.69, 9.17) is 5.73 Å². The fourth-order valence-corrected chi connectivity index (χ4v) is 5.10. The van der Waals surface area contributed by atoms with Crippen molar-refractivity contribution in [1.82, 2.24) is 18.8 Å². The van der Waals surface area contributed by atoms with Gasteiger partial charge in [-0.25, -0.2) is 13.2 Å². The first kappa shape index (κ1) is 26.4. The van der Waals surface area contributed by atoms with Gasteiger partial charge in [-0.05, 0) is 30.7 Å². The number of carbonyl (C=O) groups is 1. The van der Waals surface area contributed by atoms with Gasteiger partial charge in [0.2, 0.25) is 10.0 Å². The summed E-state index contributed by atoms with van der Waals surface area (Å²) in [5.41, 5.74) is 3.99. The van der Waals surface area contributed by atoms with Gasteiger partial charge in [0.1, 0.15) is 17.1 Å². The van der Waals surface area contributed by atoms with Crippen LogP contribution in [0, 0.1) is 0 Å². The zero-order chi connectivity index (χ0) is 26.0. The summed E-state index contributed by atoms with van der Waals surface area (Å²) in [4.78, 5) is 40.4. The van der Waals surface area contributed by atoms with Crippen molar-refractivity contribution in [2.45, 2.75) is 31.1 Å². The van der Waals surface area contributed by atoms with Crippen molar-refractivity contribution in [2.75, 3.05) is 38.5 Å². The van der Waals surface area contributed by atoms with E-state index in [1.54, 1.807) is 11.8 Å². The third-order valence-corrected chi connectivity index (χ3v) is 7.27. The lowest BCUT2D eigenvalue weighted by Gasteiger charge is -2.33. The first-order chi connectivity index (χ1) is 16.3. The van der Waals surface area contributed by atoms with Crippen molar-refractivity contribution >= 4 is 21.6 Å². The van der Waals surface area contributed by atoms with Crippen molar-refractivity contribution < 1.29 is 31.1 Å². The quantitative estimate of drug-likeness (QED) is 0.483. The zero-order valence-electron chi connectivity index (χ0n) is 18.7. The summed E-state index contributed by atoms with van der Waals surface area (Å²) >= 11 is 0. The van der Waals surface area contributed by atoms with Crippen LogP contribution in [0.2, 0.25) is 0 Å². The Kier molecular flexibility index (Phi) is 7.71. The van der Waals surface area contributed by atoms with Crippen molar-refractivity contribution in [1.29, 1.82) is 0 Å². The van der Waals surface area contributed by atoms with Gasteiger partial charge in [0.25, 0.3) is 5.56 Å². The number of alkyl halides is 3. The highest BCUT2D eigenvalue weighted by atomic mass is 32.2. The number of ketones is 1. The van der Waals surface area contributed by atoms with Crippen molar-refractivity contribution in [3.05, 3.63) is 50.7 Å². The summed E-state index contributed by atoms with van der Waals surface area (Å²) in [6.07, 6.45) is -4.34. The Labute approximate surface area is 197 Å². The van der Waals surface area contributed by atoms with Crippen LogP contribution in [-0.2, 0) is 16.6 Å². The number of hydrogen-bond donors (Lipinski definition) is 2. The van der Waals surface area contributed by atoms with Crippen LogP contribution < -0.4 is 21.7 Å². The van der Waals surface area contributed by atoms with Gasteiger partial charge >= 0.3 is 12.1 Å². The molecule has 1 aliphatic rings. The number of nitrogens with two attached hydrogens (primary N) is 1. The SMILES string of the molecule is CCCn1c(N)c(C(=O)CN2CCN(S(=O)(=O)c3ccc(OC(F)(F)F)cc3)CC2)c(=O)[nH]c1=O. The third kappa shape index (κ3) is 6.10. The number of piperazine rings is 1. The first-order valence-corrected chi connectivity index (χ1v) is 12.0. The predicted molar refractivity (Wildman–Crippen MR) is 119 cm³/mol. The Balaban J connectivity index is 1.66. The number of H-pyrrole nitrogens is 1. The lowest BCUT2D eigenvalue weighted by Crippen LogP contribution is -2.50. The number of aromatic amines is 1. The molecule has 0 unspecified atom stereocenters. The van der Waals surface area contributed by atoms with E-state index in [0.717, 1.165) is 33.1 Å². The molecule has 0 bridgehead atoms. The minimum absolute atomic E-state index is 0.0115. The number of nitrogens with one attached hydrogen (secondary N) is 1. The van der Waals surface area contributed by atoms with Gasteiger partial charge in [0.15, 0.2) is 5.78 Å². The van der Waals surface area contributed by atoms with E-state index in [1.807, 2.05) is 0 Å². The lowest BCUT2D eigenvalue weighted by atomic mass is 10.1. The molecule has 0 spiro atoms. The Morgan fingerprint density at radius 3 is 2.26 bits per heavy atom.